The van der Waals surface area contributed by atoms with Crippen LogP contribution in [-0.4, -0.2) is 144 Å². The Morgan fingerprint density at radius 2 is 1.34 bits per heavy atom. The molecule has 2 heterocycles. The zero-order valence-corrected chi connectivity index (χ0v) is 15.0. The molecule has 2 aliphatic heterocycles. The third kappa shape index (κ3) is 4.39. The van der Waals surface area contributed by atoms with Gasteiger partial charge in [0.25, 0.3) is 0 Å². The number of carboxylic acids is 1. The van der Waals surface area contributed by atoms with Gasteiger partial charge in [0.15, 0.2) is 6.29 Å². The summed E-state index contributed by atoms with van der Waals surface area (Å²) in [6.45, 7) is -3.10. The second kappa shape index (κ2) is 9.42. The zero-order valence-electron chi connectivity index (χ0n) is 15.0. The molecule has 0 aromatic rings. The van der Waals surface area contributed by atoms with Gasteiger partial charge < -0.3 is 65.3 Å². The van der Waals surface area contributed by atoms with Gasteiger partial charge in [-0.25, -0.2) is 4.79 Å². The number of carbonyl (C=O) groups is 1. The van der Waals surface area contributed by atoms with E-state index in [2.05, 4.69) is 0 Å². The molecule has 1 unspecified atom stereocenters. The molecule has 0 amide bonds. The standard InChI is InChI=1S/C15H26O14/c16-1-4-7(20)9(22)11(12(27-4)15(26,3-18)14(24)25)29-13-10(23)8(21)6(19)5(2-17)28-13/h4-13,16-23,26H,1-3H2,(H,24,25)/t4-,5-,6-,7-,8+,9+,10+,11-,12+,13-,15?/m1/s1. The van der Waals surface area contributed by atoms with Crippen LogP contribution in [0.5, 0.6) is 0 Å². The van der Waals surface area contributed by atoms with E-state index >= 15 is 0 Å². The van der Waals surface area contributed by atoms with Crippen molar-refractivity contribution in [2.45, 2.75) is 66.8 Å². The minimum absolute atomic E-state index is 0.803. The lowest BCUT2D eigenvalue weighted by Gasteiger charge is -2.48. The van der Waals surface area contributed by atoms with Gasteiger partial charge in [0.1, 0.15) is 54.9 Å². The number of carboxylic acid groups (broad SMARTS) is 1. The molecule has 0 aliphatic carbocycles. The van der Waals surface area contributed by atoms with Crippen molar-refractivity contribution >= 4 is 5.97 Å². The van der Waals surface area contributed by atoms with Crippen molar-refractivity contribution in [3.05, 3.63) is 0 Å². The minimum atomic E-state index is -3.06. The zero-order chi connectivity index (χ0) is 22.1. The fourth-order valence-corrected chi connectivity index (χ4v) is 3.24. The van der Waals surface area contributed by atoms with Gasteiger partial charge in [0, 0.05) is 0 Å². The fourth-order valence-electron chi connectivity index (χ4n) is 3.24. The highest BCUT2D eigenvalue weighted by Crippen LogP contribution is 2.33. The van der Waals surface area contributed by atoms with Crippen LogP contribution in [0.4, 0.5) is 0 Å². The molecule has 0 saturated carbocycles. The Hall–Kier alpha value is -1.01. The van der Waals surface area contributed by atoms with E-state index in [1.165, 1.54) is 0 Å². The predicted octanol–water partition coefficient (Wildman–Crippen LogP) is -6.54. The van der Waals surface area contributed by atoms with E-state index in [1.54, 1.807) is 0 Å². The molecule has 29 heavy (non-hydrogen) atoms. The van der Waals surface area contributed by atoms with Gasteiger partial charge in [-0.15, -0.1) is 0 Å². The molecule has 2 fully saturated rings. The Morgan fingerprint density at radius 1 is 0.828 bits per heavy atom. The van der Waals surface area contributed by atoms with E-state index in [1.807, 2.05) is 0 Å². The molecule has 0 bridgehead atoms. The Balaban J connectivity index is 2.36. The van der Waals surface area contributed by atoms with Crippen molar-refractivity contribution in [2.75, 3.05) is 19.8 Å². The van der Waals surface area contributed by atoms with Crippen LogP contribution in [0.2, 0.25) is 0 Å². The average molecular weight is 430 g/mol. The first-order valence-corrected chi connectivity index (χ1v) is 8.68. The lowest BCUT2D eigenvalue weighted by molar-refractivity contribution is -0.352. The van der Waals surface area contributed by atoms with Gasteiger partial charge in [-0.2, -0.15) is 0 Å². The smallest absolute Gasteiger partial charge is 0.341 e. The van der Waals surface area contributed by atoms with Crippen LogP contribution in [0.25, 0.3) is 0 Å². The summed E-state index contributed by atoms with van der Waals surface area (Å²) in [5.74, 6) is -1.98. The molecule has 14 heteroatoms. The summed E-state index contributed by atoms with van der Waals surface area (Å²) in [6, 6.07) is 0. The number of aliphatic carboxylic acids is 1. The van der Waals surface area contributed by atoms with Crippen LogP contribution in [-0.2, 0) is 19.0 Å². The number of hydrogen-bond donors (Lipinski definition) is 10. The van der Waals surface area contributed by atoms with Crippen molar-refractivity contribution in [2.24, 2.45) is 0 Å². The van der Waals surface area contributed by atoms with E-state index < -0.39 is 92.6 Å². The van der Waals surface area contributed by atoms with Crippen LogP contribution < -0.4 is 0 Å². The number of aliphatic hydroxyl groups excluding tert-OH is 8. The molecule has 0 radical (unpaired) electrons. The van der Waals surface area contributed by atoms with Crippen LogP contribution in [0.3, 0.4) is 0 Å². The quantitative estimate of drug-likeness (QED) is 0.180. The molecule has 14 nitrogen and oxygen atoms in total. The molecule has 0 aromatic heterocycles. The topological polar surface area (TPSA) is 247 Å². The fraction of sp³-hybridized carbons (Fsp3) is 0.933. The lowest BCUT2D eigenvalue weighted by Crippen LogP contribution is -2.70. The highest BCUT2D eigenvalue weighted by atomic mass is 16.7. The van der Waals surface area contributed by atoms with Crippen molar-refractivity contribution < 1.29 is 70.1 Å². The van der Waals surface area contributed by atoms with E-state index in [9.17, 15) is 55.9 Å². The van der Waals surface area contributed by atoms with E-state index in [4.69, 9.17) is 14.2 Å². The van der Waals surface area contributed by atoms with Crippen LogP contribution in [0.15, 0.2) is 0 Å². The SMILES string of the molecule is O=C(O)C(O)(CO)[C@H]1O[C@H](CO)[C@@H](O)[C@H](O)[C@H]1O[C@H]1O[C@H](CO)[C@@H](O)[C@H](O)[C@@H]1O. The van der Waals surface area contributed by atoms with Crippen LogP contribution in [0, 0.1) is 0 Å². The van der Waals surface area contributed by atoms with Crippen molar-refractivity contribution in [3.8, 4) is 0 Å². The molecule has 2 aliphatic rings. The largest absolute Gasteiger partial charge is 0.479 e. The summed E-state index contributed by atoms with van der Waals surface area (Å²) >= 11 is 0. The first-order valence-electron chi connectivity index (χ1n) is 8.68. The molecule has 170 valence electrons. The lowest BCUT2D eigenvalue weighted by atomic mass is 9.85. The molecule has 2 rings (SSSR count). The third-order valence-electron chi connectivity index (χ3n) is 5.09. The van der Waals surface area contributed by atoms with E-state index in [0.717, 1.165) is 0 Å². The molecule has 11 atom stereocenters. The second-order valence-corrected chi connectivity index (χ2v) is 6.94. The molecular formula is C15H26O14. The van der Waals surface area contributed by atoms with E-state index in [0.29, 0.717) is 0 Å². The predicted molar refractivity (Wildman–Crippen MR) is 86.1 cm³/mol. The Morgan fingerprint density at radius 3 is 1.83 bits per heavy atom. The number of hydrogen-bond acceptors (Lipinski definition) is 13. The first-order chi connectivity index (χ1) is 13.5. The number of ether oxygens (including phenoxy) is 3. The summed E-state index contributed by atoms with van der Waals surface area (Å²) in [5, 5.41) is 97.6. The summed E-state index contributed by atoms with van der Waals surface area (Å²) in [6.07, 6.45) is -18.2. The first kappa shape index (κ1) is 24.3. The maximum Gasteiger partial charge on any atom is 0.341 e. The molecular weight excluding hydrogens is 404 g/mol. The molecule has 0 spiro atoms. The third-order valence-corrected chi connectivity index (χ3v) is 5.09. The Kier molecular flexibility index (Phi) is 7.88. The monoisotopic (exact) mass is 430 g/mol. The van der Waals surface area contributed by atoms with E-state index in [-0.39, 0.29) is 0 Å². The number of aliphatic hydroxyl groups is 9. The molecule has 2 saturated heterocycles. The number of rotatable bonds is 7. The molecule has 10 N–H and O–H groups in total. The van der Waals surface area contributed by atoms with Crippen LogP contribution >= 0.6 is 0 Å². The Labute approximate surface area is 163 Å². The highest BCUT2D eigenvalue weighted by molar-refractivity contribution is 5.78. The maximum atomic E-state index is 11.5. The maximum absolute atomic E-state index is 11.5. The van der Waals surface area contributed by atoms with Crippen LogP contribution in [0.1, 0.15) is 0 Å². The average Bonchev–Trinajstić information content (AvgIpc) is 2.70. The van der Waals surface area contributed by atoms with Crippen molar-refractivity contribution in [3.63, 3.8) is 0 Å². The Bertz CT molecular complexity index is 559. The van der Waals surface area contributed by atoms with Gasteiger partial charge in [-0.3, -0.25) is 0 Å². The van der Waals surface area contributed by atoms with Gasteiger partial charge in [0.05, 0.1) is 19.8 Å². The van der Waals surface area contributed by atoms with Gasteiger partial charge >= 0.3 is 5.97 Å². The highest BCUT2D eigenvalue weighted by Gasteiger charge is 2.58. The van der Waals surface area contributed by atoms with Gasteiger partial charge in [0.2, 0.25) is 5.60 Å². The second-order valence-electron chi connectivity index (χ2n) is 6.94. The summed E-state index contributed by atoms with van der Waals surface area (Å²) < 4.78 is 15.5. The molecule has 0 aromatic carbocycles. The van der Waals surface area contributed by atoms with Gasteiger partial charge in [-0.1, -0.05) is 0 Å². The summed E-state index contributed by atoms with van der Waals surface area (Å²) in [4.78, 5) is 11.5. The van der Waals surface area contributed by atoms with Crippen molar-refractivity contribution in [1.29, 1.82) is 0 Å². The summed E-state index contributed by atoms with van der Waals surface area (Å²) in [5.41, 5.74) is -3.06. The normalized spacial score (nSPS) is 45.6. The van der Waals surface area contributed by atoms with Crippen molar-refractivity contribution in [1.82, 2.24) is 0 Å². The summed E-state index contributed by atoms with van der Waals surface area (Å²) in [7, 11) is 0. The minimum Gasteiger partial charge on any atom is -0.479 e. The van der Waals surface area contributed by atoms with Gasteiger partial charge in [-0.05, 0) is 0 Å².